The van der Waals surface area contributed by atoms with Crippen LogP contribution in [-0.4, -0.2) is 27.2 Å². The fraction of sp³-hybridized carbons (Fsp3) is 0.538. The molecule has 106 valence electrons. The average molecular weight is 284 g/mol. The second-order valence-electron chi connectivity index (χ2n) is 4.97. The molecule has 5 nitrogen and oxygen atoms in total. The Morgan fingerprint density at radius 3 is 2.47 bits per heavy atom. The Morgan fingerprint density at radius 1 is 1.37 bits per heavy atom. The van der Waals surface area contributed by atoms with Crippen LogP contribution in [0.1, 0.15) is 31.9 Å². The van der Waals surface area contributed by atoms with Crippen LogP contribution >= 0.6 is 0 Å². The van der Waals surface area contributed by atoms with Gasteiger partial charge in [-0.1, -0.05) is 12.1 Å². The van der Waals surface area contributed by atoms with Gasteiger partial charge in [0.15, 0.2) is 0 Å². The zero-order valence-electron chi connectivity index (χ0n) is 11.2. The van der Waals surface area contributed by atoms with Crippen molar-refractivity contribution >= 4 is 10.0 Å². The van der Waals surface area contributed by atoms with Gasteiger partial charge in [0.2, 0.25) is 10.0 Å². The van der Waals surface area contributed by atoms with Crippen LogP contribution in [0.4, 0.5) is 0 Å². The summed E-state index contributed by atoms with van der Waals surface area (Å²) in [5, 5.41) is 8.57. The smallest absolute Gasteiger partial charge is 0.238 e. The van der Waals surface area contributed by atoms with Crippen LogP contribution in [0.2, 0.25) is 0 Å². The van der Waals surface area contributed by atoms with Crippen molar-refractivity contribution in [2.45, 2.75) is 43.4 Å². The first kappa shape index (κ1) is 14.5. The first-order valence-corrected chi connectivity index (χ1v) is 7.93. The molecule has 1 aromatic carbocycles. The minimum absolute atomic E-state index is 0.140. The third-order valence-electron chi connectivity index (χ3n) is 3.55. The molecule has 19 heavy (non-hydrogen) atoms. The lowest BCUT2D eigenvalue weighted by Crippen LogP contribution is -2.36. The van der Waals surface area contributed by atoms with Crippen LogP contribution in [-0.2, 0) is 14.8 Å². The van der Waals surface area contributed by atoms with Crippen molar-refractivity contribution in [1.29, 1.82) is 0 Å². The highest BCUT2D eigenvalue weighted by Crippen LogP contribution is 2.20. The largest absolute Gasteiger partial charge is 0.377 e. The van der Waals surface area contributed by atoms with Gasteiger partial charge in [0.25, 0.3) is 0 Å². The van der Waals surface area contributed by atoms with Crippen molar-refractivity contribution in [3.63, 3.8) is 0 Å². The molecule has 0 saturated carbocycles. The number of primary sulfonamides is 1. The molecule has 3 N–H and O–H groups in total. The summed E-state index contributed by atoms with van der Waals surface area (Å²) >= 11 is 0. The molecule has 1 heterocycles. The highest BCUT2D eigenvalue weighted by Gasteiger charge is 2.25. The van der Waals surface area contributed by atoms with E-state index in [1.807, 2.05) is 0 Å². The van der Waals surface area contributed by atoms with Crippen LogP contribution in [0.3, 0.4) is 0 Å². The number of nitrogens with two attached hydrogens (primary N) is 1. The number of benzene rings is 1. The molecule has 3 unspecified atom stereocenters. The van der Waals surface area contributed by atoms with Gasteiger partial charge >= 0.3 is 0 Å². The average Bonchev–Trinajstić information content (AvgIpc) is 2.74. The van der Waals surface area contributed by atoms with E-state index < -0.39 is 10.0 Å². The predicted octanol–water partition coefficient (Wildman–Crippen LogP) is 1.16. The van der Waals surface area contributed by atoms with E-state index in [1.165, 1.54) is 12.1 Å². The number of ether oxygens (including phenoxy) is 1. The van der Waals surface area contributed by atoms with Gasteiger partial charge in [-0.25, -0.2) is 13.6 Å². The second kappa shape index (κ2) is 5.58. The zero-order chi connectivity index (χ0) is 14.0. The molecule has 1 aliphatic rings. The molecule has 1 aliphatic heterocycles. The van der Waals surface area contributed by atoms with Gasteiger partial charge in [0.1, 0.15) is 0 Å². The standard InChI is InChI=1S/C13H20N2O3S/c1-9(15-13-7-8-18-10(13)2)11-3-5-12(6-4-11)19(14,16)17/h3-6,9-10,13,15H,7-8H2,1-2H3,(H2,14,16,17). The Labute approximate surface area is 114 Å². The van der Waals surface area contributed by atoms with E-state index in [0.717, 1.165) is 18.6 Å². The third kappa shape index (κ3) is 3.54. The Balaban J connectivity index is 2.05. The fourth-order valence-corrected chi connectivity index (χ4v) is 2.83. The van der Waals surface area contributed by atoms with Gasteiger partial charge < -0.3 is 10.1 Å². The van der Waals surface area contributed by atoms with Crippen LogP contribution < -0.4 is 10.5 Å². The minimum atomic E-state index is -3.62. The molecular formula is C13H20N2O3S. The molecule has 6 heteroatoms. The molecule has 2 rings (SSSR count). The maximum absolute atomic E-state index is 11.2. The summed E-state index contributed by atoms with van der Waals surface area (Å²) in [5.74, 6) is 0. The lowest BCUT2D eigenvalue weighted by atomic mass is 10.1. The van der Waals surface area contributed by atoms with Gasteiger partial charge in [-0.15, -0.1) is 0 Å². The van der Waals surface area contributed by atoms with Gasteiger partial charge in [-0.05, 0) is 38.0 Å². The third-order valence-corrected chi connectivity index (χ3v) is 4.48. The summed E-state index contributed by atoms with van der Waals surface area (Å²) in [6, 6.07) is 7.14. The van der Waals surface area contributed by atoms with Crippen molar-refractivity contribution in [1.82, 2.24) is 5.32 Å². The molecule has 0 radical (unpaired) electrons. The number of hydrogen-bond acceptors (Lipinski definition) is 4. The Hall–Kier alpha value is -0.950. The highest BCUT2D eigenvalue weighted by molar-refractivity contribution is 7.89. The quantitative estimate of drug-likeness (QED) is 0.869. The lowest BCUT2D eigenvalue weighted by Gasteiger charge is -2.22. The molecule has 0 bridgehead atoms. The molecule has 1 fully saturated rings. The Morgan fingerprint density at radius 2 is 2.00 bits per heavy atom. The molecule has 1 aromatic rings. The van der Waals surface area contributed by atoms with Gasteiger partial charge in [0, 0.05) is 18.7 Å². The maximum atomic E-state index is 11.2. The Kier molecular flexibility index (Phi) is 4.25. The van der Waals surface area contributed by atoms with E-state index in [1.54, 1.807) is 12.1 Å². The topological polar surface area (TPSA) is 81.4 Å². The van der Waals surface area contributed by atoms with Crippen LogP contribution in [0.5, 0.6) is 0 Å². The Bertz CT molecular complexity index is 527. The number of nitrogens with one attached hydrogen (secondary N) is 1. The summed E-state index contributed by atoms with van der Waals surface area (Å²) in [7, 11) is -3.62. The van der Waals surface area contributed by atoms with Gasteiger partial charge in [-0.2, -0.15) is 0 Å². The number of sulfonamides is 1. The van der Waals surface area contributed by atoms with Crippen LogP contribution in [0, 0.1) is 0 Å². The summed E-state index contributed by atoms with van der Waals surface area (Å²) in [6.45, 7) is 4.90. The molecule has 0 aliphatic carbocycles. The normalized spacial score (nSPS) is 25.4. The monoisotopic (exact) mass is 284 g/mol. The van der Waals surface area contributed by atoms with E-state index in [-0.39, 0.29) is 17.0 Å². The maximum Gasteiger partial charge on any atom is 0.238 e. The minimum Gasteiger partial charge on any atom is -0.377 e. The van der Waals surface area contributed by atoms with Crippen molar-refractivity contribution in [3.8, 4) is 0 Å². The fourth-order valence-electron chi connectivity index (χ4n) is 2.31. The van der Waals surface area contributed by atoms with Crippen molar-refractivity contribution in [2.24, 2.45) is 5.14 Å². The summed E-state index contributed by atoms with van der Waals surface area (Å²) < 4.78 is 27.9. The van der Waals surface area contributed by atoms with Crippen molar-refractivity contribution in [3.05, 3.63) is 29.8 Å². The molecular weight excluding hydrogens is 264 g/mol. The molecule has 0 spiro atoms. The van der Waals surface area contributed by atoms with E-state index >= 15 is 0 Å². The zero-order valence-corrected chi connectivity index (χ0v) is 12.0. The second-order valence-corrected chi connectivity index (χ2v) is 6.53. The van der Waals surface area contributed by atoms with Crippen molar-refractivity contribution < 1.29 is 13.2 Å². The number of rotatable bonds is 4. The predicted molar refractivity (Wildman–Crippen MR) is 73.2 cm³/mol. The van der Waals surface area contributed by atoms with Gasteiger partial charge in [0.05, 0.1) is 11.0 Å². The SMILES string of the molecule is CC(NC1CCOC1C)c1ccc(S(N)(=O)=O)cc1. The van der Waals surface area contributed by atoms with Crippen LogP contribution in [0.25, 0.3) is 0 Å². The molecule has 1 saturated heterocycles. The highest BCUT2D eigenvalue weighted by atomic mass is 32.2. The molecule has 3 atom stereocenters. The summed E-state index contributed by atoms with van der Waals surface area (Å²) in [6.07, 6.45) is 1.21. The summed E-state index contributed by atoms with van der Waals surface area (Å²) in [5.41, 5.74) is 1.03. The first-order valence-electron chi connectivity index (χ1n) is 6.38. The van der Waals surface area contributed by atoms with E-state index in [9.17, 15) is 8.42 Å². The summed E-state index contributed by atoms with van der Waals surface area (Å²) in [4.78, 5) is 0.140. The molecule has 0 aromatic heterocycles. The number of hydrogen-bond donors (Lipinski definition) is 2. The van der Waals surface area contributed by atoms with Gasteiger partial charge in [-0.3, -0.25) is 0 Å². The van der Waals surface area contributed by atoms with E-state index in [0.29, 0.717) is 6.04 Å². The van der Waals surface area contributed by atoms with E-state index in [2.05, 4.69) is 19.2 Å². The van der Waals surface area contributed by atoms with Crippen molar-refractivity contribution in [2.75, 3.05) is 6.61 Å². The first-order chi connectivity index (χ1) is 8.88. The van der Waals surface area contributed by atoms with Crippen LogP contribution in [0.15, 0.2) is 29.2 Å². The van der Waals surface area contributed by atoms with E-state index in [4.69, 9.17) is 9.88 Å². The molecule has 0 amide bonds. The lowest BCUT2D eigenvalue weighted by molar-refractivity contribution is 0.111.